The van der Waals surface area contributed by atoms with Gasteiger partial charge in [-0.2, -0.15) is 5.10 Å². The highest BCUT2D eigenvalue weighted by Crippen LogP contribution is 2.12. The molecule has 0 radical (unpaired) electrons. The number of sulfonamides is 1. The number of hydrogen-bond donors (Lipinski definition) is 3. The Morgan fingerprint density at radius 1 is 1.41 bits per heavy atom. The third kappa shape index (κ3) is 6.60. The van der Waals surface area contributed by atoms with Crippen LogP contribution in [-0.2, 0) is 23.0 Å². The lowest BCUT2D eigenvalue weighted by atomic mass is 10.1. The van der Waals surface area contributed by atoms with E-state index >= 15 is 0 Å². The van der Waals surface area contributed by atoms with Crippen molar-refractivity contribution in [2.75, 3.05) is 19.6 Å². The predicted molar refractivity (Wildman–Crippen MR) is 121 cm³/mol. The van der Waals surface area contributed by atoms with E-state index in [1.807, 2.05) is 18.5 Å². The molecular formula is C17H27IN8O2S. The van der Waals surface area contributed by atoms with Crippen molar-refractivity contribution in [3.8, 4) is 0 Å². The van der Waals surface area contributed by atoms with Gasteiger partial charge in [-0.1, -0.05) is 0 Å². The molecule has 0 saturated carbocycles. The van der Waals surface area contributed by atoms with Crippen molar-refractivity contribution >= 4 is 40.0 Å². The van der Waals surface area contributed by atoms with E-state index in [1.165, 1.54) is 18.5 Å². The van der Waals surface area contributed by atoms with Crippen molar-refractivity contribution in [1.82, 2.24) is 35.1 Å². The fourth-order valence-electron chi connectivity index (χ4n) is 3.00. The Hall–Kier alpha value is -1.80. The minimum atomic E-state index is -3.57. The first-order chi connectivity index (χ1) is 13.5. The average molecular weight is 534 g/mol. The summed E-state index contributed by atoms with van der Waals surface area (Å²) in [6.45, 7) is 5.84. The quantitative estimate of drug-likeness (QED) is 0.204. The summed E-state index contributed by atoms with van der Waals surface area (Å²) in [5.74, 6) is 2.47. The lowest BCUT2D eigenvalue weighted by Crippen LogP contribution is -2.47. The molecule has 3 heterocycles. The third-order valence-electron chi connectivity index (χ3n) is 4.27. The van der Waals surface area contributed by atoms with Gasteiger partial charge in [0.25, 0.3) is 0 Å². The molecule has 0 aromatic carbocycles. The lowest BCUT2D eigenvalue weighted by Gasteiger charge is -2.25. The van der Waals surface area contributed by atoms with Gasteiger partial charge in [-0.25, -0.2) is 22.8 Å². The van der Waals surface area contributed by atoms with Crippen molar-refractivity contribution in [2.45, 2.75) is 44.2 Å². The van der Waals surface area contributed by atoms with E-state index < -0.39 is 10.0 Å². The van der Waals surface area contributed by atoms with E-state index in [4.69, 9.17) is 0 Å². The molecule has 2 aromatic rings. The van der Waals surface area contributed by atoms with Gasteiger partial charge in [0.1, 0.15) is 16.5 Å². The Balaban J connectivity index is 0.00000300. The van der Waals surface area contributed by atoms with Crippen LogP contribution in [-0.4, -0.2) is 59.8 Å². The van der Waals surface area contributed by atoms with Crippen LogP contribution >= 0.6 is 24.0 Å². The number of aryl methyl sites for hydroxylation is 2. The fraction of sp³-hybridized carbons (Fsp3) is 0.529. The number of pyridine rings is 1. The molecule has 1 aliphatic rings. The Labute approximate surface area is 188 Å². The smallest absolute Gasteiger partial charge is 0.242 e. The summed E-state index contributed by atoms with van der Waals surface area (Å²) in [6.07, 6.45) is 4.66. The lowest BCUT2D eigenvalue weighted by molar-refractivity contribution is 0.392. The van der Waals surface area contributed by atoms with Gasteiger partial charge >= 0.3 is 0 Å². The molecule has 10 nitrogen and oxygen atoms in total. The van der Waals surface area contributed by atoms with Gasteiger partial charge in [0, 0.05) is 37.9 Å². The van der Waals surface area contributed by atoms with Crippen LogP contribution in [0.25, 0.3) is 0 Å². The first-order valence-corrected chi connectivity index (χ1v) is 10.8. The second-order valence-electron chi connectivity index (χ2n) is 6.48. The maximum Gasteiger partial charge on any atom is 0.242 e. The number of nitrogens with one attached hydrogen (secondary N) is 3. The van der Waals surface area contributed by atoms with Crippen LogP contribution in [0, 0.1) is 6.92 Å². The molecule has 0 bridgehead atoms. The number of fused-ring (bicyclic) bond motifs is 1. The molecule has 1 unspecified atom stereocenters. The Kier molecular flexibility index (Phi) is 8.77. The zero-order chi connectivity index (χ0) is 20.0. The molecule has 3 rings (SSSR count). The maximum atomic E-state index is 12.2. The van der Waals surface area contributed by atoms with E-state index in [2.05, 4.69) is 35.4 Å². The second-order valence-corrected chi connectivity index (χ2v) is 8.25. The highest BCUT2D eigenvalue weighted by Gasteiger charge is 2.21. The number of aliphatic imine (C=N–C) groups is 1. The molecule has 0 aliphatic carbocycles. The second kappa shape index (κ2) is 10.8. The van der Waals surface area contributed by atoms with Crippen molar-refractivity contribution in [3.05, 3.63) is 36.2 Å². The SMILES string of the molecule is CCNC(=NCCNS(=O)(=O)c1cccnc1)NC1CCc2nc(C)nn2C1.I. The molecule has 0 saturated heterocycles. The van der Waals surface area contributed by atoms with Gasteiger partial charge in [-0.05, 0) is 32.4 Å². The van der Waals surface area contributed by atoms with Crippen molar-refractivity contribution in [2.24, 2.45) is 4.99 Å². The average Bonchev–Trinajstić information content (AvgIpc) is 3.05. The molecular weight excluding hydrogens is 507 g/mol. The van der Waals surface area contributed by atoms with E-state index in [0.717, 1.165) is 31.0 Å². The van der Waals surface area contributed by atoms with Gasteiger partial charge in [-0.3, -0.25) is 9.98 Å². The number of halogens is 1. The summed E-state index contributed by atoms with van der Waals surface area (Å²) in [5.41, 5.74) is 0. The monoisotopic (exact) mass is 534 g/mol. The van der Waals surface area contributed by atoms with Gasteiger partial charge < -0.3 is 10.6 Å². The molecule has 3 N–H and O–H groups in total. The molecule has 0 amide bonds. The summed E-state index contributed by atoms with van der Waals surface area (Å²) in [6, 6.07) is 3.29. The number of guanidine groups is 1. The van der Waals surface area contributed by atoms with Crippen molar-refractivity contribution < 1.29 is 8.42 Å². The summed E-state index contributed by atoms with van der Waals surface area (Å²) in [4.78, 5) is 12.9. The van der Waals surface area contributed by atoms with Crippen molar-refractivity contribution in [1.29, 1.82) is 0 Å². The van der Waals surface area contributed by atoms with Crippen molar-refractivity contribution in [3.63, 3.8) is 0 Å². The van der Waals surface area contributed by atoms with E-state index in [-0.39, 0.29) is 41.5 Å². The van der Waals surface area contributed by atoms with Crippen LogP contribution in [0.4, 0.5) is 0 Å². The Morgan fingerprint density at radius 3 is 2.97 bits per heavy atom. The molecule has 0 fully saturated rings. The zero-order valence-electron chi connectivity index (χ0n) is 16.5. The fourth-order valence-corrected chi connectivity index (χ4v) is 3.99. The van der Waals surface area contributed by atoms with E-state index in [1.54, 1.807) is 6.07 Å². The highest BCUT2D eigenvalue weighted by atomic mass is 127. The number of nitrogens with zero attached hydrogens (tertiary/aromatic N) is 5. The molecule has 0 spiro atoms. The first kappa shape index (κ1) is 23.5. The Morgan fingerprint density at radius 2 is 2.24 bits per heavy atom. The predicted octanol–water partition coefficient (Wildman–Crippen LogP) is 0.448. The molecule has 12 heteroatoms. The topological polar surface area (TPSA) is 126 Å². The number of rotatable bonds is 7. The summed E-state index contributed by atoms with van der Waals surface area (Å²) >= 11 is 0. The van der Waals surface area contributed by atoms with Gasteiger partial charge in [0.05, 0.1) is 13.1 Å². The van der Waals surface area contributed by atoms with Gasteiger partial charge in [-0.15, -0.1) is 24.0 Å². The minimum absolute atomic E-state index is 0. The summed E-state index contributed by atoms with van der Waals surface area (Å²) in [5, 5.41) is 11.0. The summed E-state index contributed by atoms with van der Waals surface area (Å²) < 4.78 is 28.9. The van der Waals surface area contributed by atoms with Crippen LogP contribution in [0.1, 0.15) is 25.0 Å². The zero-order valence-corrected chi connectivity index (χ0v) is 19.6. The van der Waals surface area contributed by atoms with Crippen LogP contribution in [0.15, 0.2) is 34.4 Å². The normalized spacial score (nSPS) is 16.6. The first-order valence-electron chi connectivity index (χ1n) is 9.33. The molecule has 1 aliphatic heterocycles. The molecule has 2 aromatic heterocycles. The standard InChI is InChI=1S/C17H26N8O2S.HI/c1-3-19-17(23-14-6-7-16-22-13(2)24-25(16)12-14)20-9-10-21-28(26,27)15-5-4-8-18-11-15;/h4-5,8,11,14,21H,3,6-7,9-10,12H2,1-2H3,(H2,19,20,23);1H. The van der Waals surface area contributed by atoms with Gasteiger partial charge in [0.15, 0.2) is 5.96 Å². The van der Waals surface area contributed by atoms with Gasteiger partial charge in [0.2, 0.25) is 10.0 Å². The van der Waals surface area contributed by atoms with Crippen LogP contribution in [0.5, 0.6) is 0 Å². The van der Waals surface area contributed by atoms with Crippen LogP contribution in [0.3, 0.4) is 0 Å². The maximum absolute atomic E-state index is 12.2. The molecule has 29 heavy (non-hydrogen) atoms. The highest BCUT2D eigenvalue weighted by molar-refractivity contribution is 14.0. The number of aromatic nitrogens is 4. The van der Waals surface area contributed by atoms with Crippen LogP contribution in [0.2, 0.25) is 0 Å². The molecule has 160 valence electrons. The summed E-state index contributed by atoms with van der Waals surface area (Å²) in [7, 11) is -3.57. The van der Waals surface area contributed by atoms with E-state index in [9.17, 15) is 8.42 Å². The number of hydrogen-bond acceptors (Lipinski definition) is 6. The molecule has 1 atom stereocenters. The van der Waals surface area contributed by atoms with E-state index in [0.29, 0.717) is 19.0 Å². The largest absolute Gasteiger partial charge is 0.357 e. The third-order valence-corrected chi connectivity index (χ3v) is 5.71. The van der Waals surface area contributed by atoms with Crippen LogP contribution < -0.4 is 15.4 Å². The Bertz CT molecular complexity index is 917. The minimum Gasteiger partial charge on any atom is -0.357 e.